The van der Waals surface area contributed by atoms with Crippen LogP contribution in [0, 0.1) is 0 Å². The van der Waals surface area contributed by atoms with Gasteiger partial charge in [0, 0.05) is 18.7 Å². The van der Waals surface area contributed by atoms with Gasteiger partial charge >= 0.3 is 0 Å². The van der Waals surface area contributed by atoms with Gasteiger partial charge in [0.25, 0.3) is 17.6 Å². The van der Waals surface area contributed by atoms with Gasteiger partial charge in [-0.05, 0) is 31.4 Å². The zero-order valence-electron chi connectivity index (χ0n) is 14.1. The Balaban J connectivity index is 1.63. The molecule has 9 heteroatoms. The minimum atomic E-state index is -0.723. The number of amides is 1. The molecule has 0 bridgehead atoms. The molecule has 0 radical (unpaired) electrons. The van der Waals surface area contributed by atoms with Crippen LogP contribution in [0.1, 0.15) is 20.3 Å². The maximum absolute atomic E-state index is 12.4. The highest BCUT2D eigenvalue weighted by atomic mass is 32.1. The highest BCUT2D eigenvalue weighted by Gasteiger charge is 2.32. The number of anilines is 1. The molecule has 4 rings (SSSR count). The Hall–Kier alpha value is -3.07. The van der Waals surface area contributed by atoms with Crippen molar-refractivity contribution in [1.82, 2.24) is 19.6 Å². The average Bonchev–Trinajstić information content (AvgIpc) is 3.21. The van der Waals surface area contributed by atoms with Gasteiger partial charge in [-0.1, -0.05) is 6.07 Å². The van der Waals surface area contributed by atoms with Gasteiger partial charge < -0.3 is 4.74 Å². The van der Waals surface area contributed by atoms with E-state index >= 15 is 0 Å². The molecular weight excluding hydrogens is 354 g/mol. The number of nitrogens with one attached hydrogen (secondary N) is 1. The van der Waals surface area contributed by atoms with Crippen LogP contribution in [0.2, 0.25) is 0 Å². The van der Waals surface area contributed by atoms with Crippen molar-refractivity contribution in [3.63, 3.8) is 0 Å². The molecule has 0 fully saturated rings. The van der Waals surface area contributed by atoms with Crippen LogP contribution in [0.25, 0.3) is 16.3 Å². The summed E-state index contributed by atoms with van der Waals surface area (Å²) in [5.74, 6) is -0.319. The van der Waals surface area contributed by atoms with Crippen molar-refractivity contribution in [3.8, 4) is 10.6 Å². The molecule has 0 unspecified atom stereocenters. The molecule has 3 aromatic heterocycles. The summed E-state index contributed by atoms with van der Waals surface area (Å²) in [6, 6.07) is 5.73. The Bertz CT molecular complexity index is 1040. The molecule has 26 heavy (non-hydrogen) atoms. The predicted molar refractivity (Wildman–Crippen MR) is 95.6 cm³/mol. The van der Waals surface area contributed by atoms with Gasteiger partial charge in [0.2, 0.25) is 0 Å². The van der Waals surface area contributed by atoms with Gasteiger partial charge in [0.05, 0.1) is 10.6 Å². The number of thiophene rings is 1. The van der Waals surface area contributed by atoms with Gasteiger partial charge in [-0.25, -0.2) is 4.98 Å². The first-order valence-electron chi connectivity index (χ1n) is 7.92. The second-order valence-corrected chi connectivity index (χ2v) is 7.37. The van der Waals surface area contributed by atoms with Crippen molar-refractivity contribution in [2.45, 2.75) is 25.9 Å². The Morgan fingerprint density at radius 1 is 1.38 bits per heavy atom. The van der Waals surface area contributed by atoms with E-state index in [1.165, 1.54) is 6.08 Å². The van der Waals surface area contributed by atoms with Crippen LogP contribution in [0.3, 0.4) is 0 Å². The van der Waals surface area contributed by atoms with Crippen molar-refractivity contribution < 1.29 is 14.3 Å². The molecule has 4 heterocycles. The molecular formula is C17H15N5O3S. The lowest BCUT2D eigenvalue weighted by molar-refractivity contribution is -0.128. The number of fused-ring (bicyclic) bond motifs is 1. The third kappa shape index (κ3) is 3.08. The molecule has 132 valence electrons. The summed E-state index contributed by atoms with van der Waals surface area (Å²) in [4.78, 5) is 33.6. The molecule has 8 nitrogen and oxygen atoms in total. The summed E-state index contributed by atoms with van der Waals surface area (Å²) < 4.78 is 7.15. The fourth-order valence-corrected chi connectivity index (χ4v) is 3.45. The van der Waals surface area contributed by atoms with E-state index in [1.807, 2.05) is 23.6 Å². The van der Waals surface area contributed by atoms with Gasteiger partial charge in [-0.2, -0.15) is 9.50 Å². The maximum Gasteiger partial charge on any atom is 0.293 e. The maximum atomic E-state index is 12.4. The van der Waals surface area contributed by atoms with Gasteiger partial charge in [-0.15, -0.1) is 16.4 Å². The average molecular weight is 369 g/mol. The highest BCUT2D eigenvalue weighted by molar-refractivity contribution is 7.13. The molecule has 0 saturated heterocycles. The fourth-order valence-electron chi connectivity index (χ4n) is 2.71. The van der Waals surface area contributed by atoms with Crippen LogP contribution in [0.4, 0.5) is 5.95 Å². The molecule has 0 atom stereocenters. The number of hydrogen-bond acceptors (Lipinski definition) is 7. The summed E-state index contributed by atoms with van der Waals surface area (Å²) in [5, 5.41) is 8.84. The van der Waals surface area contributed by atoms with E-state index in [2.05, 4.69) is 20.4 Å². The number of nitrogens with zero attached hydrogens (tertiary/aromatic N) is 4. The van der Waals surface area contributed by atoms with Crippen LogP contribution in [-0.2, 0) is 14.3 Å². The Labute approximate surface area is 152 Å². The molecule has 0 aliphatic carbocycles. The van der Waals surface area contributed by atoms with Crippen LogP contribution in [-0.4, -0.2) is 36.9 Å². The summed E-state index contributed by atoms with van der Waals surface area (Å²) in [6.07, 6.45) is 3.06. The van der Waals surface area contributed by atoms with E-state index in [9.17, 15) is 9.59 Å². The van der Waals surface area contributed by atoms with Gasteiger partial charge in [-0.3, -0.25) is 14.9 Å². The standard InChI is InChI=1S/C17H15N5O3S/c1-17(2)9-10(23)8-12(25-17)14(24)19-15-20-16-18-6-5-11(22(16)21-15)13-4-3-7-26-13/h3-8H,9H2,1-2H3,(H,19,21,24). The van der Waals surface area contributed by atoms with E-state index in [0.29, 0.717) is 5.78 Å². The first-order valence-corrected chi connectivity index (χ1v) is 8.80. The summed E-state index contributed by atoms with van der Waals surface area (Å²) in [5.41, 5.74) is 0.0982. The molecule has 1 amide bonds. The number of carbonyl (C=O) groups is 2. The van der Waals surface area contributed by atoms with E-state index in [0.717, 1.165) is 10.6 Å². The SMILES string of the molecule is CC1(C)CC(=O)C=C(C(=O)Nc2nc3nccc(-c4cccs4)n3n2)O1. The minimum absolute atomic E-state index is 0.0449. The van der Waals surface area contributed by atoms with Crippen molar-refractivity contribution in [2.24, 2.45) is 0 Å². The van der Waals surface area contributed by atoms with Crippen molar-refractivity contribution in [3.05, 3.63) is 41.6 Å². The lowest BCUT2D eigenvalue weighted by atomic mass is 9.98. The largest absolute Gasteiger partial charge is 0.481 e. The van der Waals surface area contributed by atoms with Gasteiger partial charge in [0.15, 0.2) is 11.5 Å². The highest BCUT2D eigenvalue weighted by Crippen LogP contribution is 2.26. The lowest BCUT2D eigenvalue weighted by Gasteiger charge is -2.29. The van der Waals surface area contributed by atoms with Crippen molar-refractivity contribution >= 4 is 34.8 Å². The molecule has 1 aliphatic heterocycles. The summed E-state index contributed by atoms with van der Waals surface area (Å²) >= 11 is 1.57. The van der Waals surface area contributed by atoms with E-state index in [-0.39, 0.29) is 23.9 Å². The monoisotopic (exact) mass is 369 g/mol. The molecule has 1 N–H and O–H groups in total. The van der Waals surface area contributed by atoms with Crippen molar-refractivity contribution in [1.29, 1.82) is 0 Å². The molecule has 3 aromatic rings. The molecule has 0 aromatic carbocycles. The number of aromatic nitrogens is 4. The lowest BCUT2D eigenvalue weighted by Crippen LogP contribution is -2.35. The van der Waals surface area contributed by atoms with E-state index < -0.39 is 11.5 Å². The molecule has 1 aliphatic rings. The number of hydrogen-bond donors (Lipinski definition) is 1. The van der Waals surface area contributed by atoms with Crippen LogP contribution >= 0.6 is 11.3 Å². The number of allylic oxidation sites excluding steroid dienone is 1. The molecule has 0 spiro atoms. The summed E-state index contributed by atoms with van der Waals surface area (Å²) in [7, 11) is 0. The second-order valence-electron chi connectivity index (χ2n) is 6.42. The number of carbonyl (C=O) groups excluding carboxylic acids is 2. The molecule has 0 saturated carbocycles. The Morgan fingerprint density at radius 3 is 2.96 bits per heavy atom. The predicted octanol–water partition coefficient (Wildman–Crippen LogP) is 2.44. The smallest absolute Gasteiger partial charge is 0.293 e. The minimum Gasteiger partial charge on any atom is -0.481 e. The Kier molecular flexibility index (Phi) is 3.80. The van der Waals surface area contributed by atoms with E-state index in [4.69, 9.17) is 4.74 Å². The quantitative estimate of drug-likeness (QED) is 0.761. The van der Waals surface area contributed by atoms with Crippen LogP contribution < -0.4 is 5.32 Å². The third-order valence-electron chi connectivity index (χ3n) is 3.74. The summed E-state index contributed by atoms with van der Waals surface area (Å²) in [6.45, 7) is 3.51. The first-order chi connectivity index (χ1) is 12.4. The van der Waals surface area contributed by atoms with Crippen LogP contribution in [0.15, 0.2) is 41.6 Å². The number of ether oxygens (including phenoxy) is 1. The third-order valence-corrected chi connectivity index (χ3v) is 4.63. The van der Waals surface area contributed by atoms with Crippen molar-refractivity contribution in [2.75, 3.05) is 5.32 Å². The zero-order valence-corrected chi connectivity index (χ0v) is 14.9. The van der Waals surface area contributed by atoms with Gasteiger partial charge in [0.1, 0.15) is 5.60 Å². The number of rotatable bonds is 3. The fraction of sp³-hybridized carbons (Fsp3) is 0.235. The zero-order chi connectivity index (χ0) is 18.3. The second kappa shape index (κ2) is 6.03. The first kappa shape index (κ1) is 16.4. The topological polar surface area (TPSA) is 98.5 Å². The van der Waals surface area contributed by atoms with E-state index in [1.54, 1.807) is 35.9 Å². The number of ketones is 1. The van der Waals surface area contributed by atoms with Crippen LogP contribution in [0.5, 0.6) is 0 Å². The Morgan fingerprint density at radius 2 is 2.23 bits per heavy atom. The normalized spacial score (nSPS) is 16.2.